The molecule has 0 aromatic heterocycles. The van der Waals surface area contributed by atoms with E-state index < -0.39 is 23.7 Å². The molecule has 104 valence electrons. The summed E-state index contributed by atoms with van der Waals surface area (Å²) in [7, 11) is 0. The van der Waals surface area contributed by atoms with E-state index in [1.165, 1.54) is 12.1 Å². The highest BCUT2D eigenvalue weighted by Crippen LogP contribution is 2.19. The first kappa shape index (κ1) is 15.6. The van der Waals surface area contributed by atoms with Gasteiger partial charge in [-0.3, -0.25) is 9.59 Å². The first-order valence-electron chi connectivity index (χ1n) is 5.65. The van der Waals surface area contributed by atoms with E-state index >= 15 is 0 Å². The number of benzene rings is 1. The van der Waals surface area contributed by atoms with Crippen LogP contribution in [0.1, 0.15) is 13.3 Å². The first-order chi connectivity index (χ1) is 8.97. The van der Waals surface area contributed by atoms with Crippen molar-refractivity contribution < 1.29 is 19.1 Å². The number of hydrogen-bond donors (Lipinski definition) is 3. The summed E-state index contributed by atoms with van der Waals surface area (Å²) >= 11 is 3.08. The van der Waals surface area contributed by atoms with Crippen LogP contribution in [0.2, 0.25) is 0 Å². The number of anilines is 1. The Labute approximate surface area is 118 Å². The molecule has 0 saturated heterocycles. The molecule has 0 spiro atoms. The van der Waals surface area contributed by atoms with Gasteiger partial charge in [0.05, 0.1) is 18.3 Å². The first-order valence-corrected chi connectivity index (χ1v) is 6.45. The minimum atomic E-state index is -0.979. The SMILES string of the molecule is CC[C@H](CO)NC(=O)C(=O)Nc1ccc(Br)cc1F. The lowest BCUT2D eigenvalue weighted by atomic mass is 10.2. The Morgan fingerprint density at radius 1 is 1.42 bits per heavy atom. The molecule has 0 aliphatic heterocycles. The number of nitrogens with one attached hydrogen (secondary N) is 2. The number of hydrogen-bond acceptors (Lipinski definition) is 3. The van der Waals surface area contributed by atoms with Gasteiger partial charge in [0.15, 0.2) is 0 Å². The van der Waals surface area contributed by atoms with Gasteiger partial charge in [-0.2, -0.15) is 0 Å². The predicted octanol–water partition coefficient (Wildman–Crippen LogP) is 1.41. The van der Waals surface area contributed by atoms with Gasteiger partial charge in [0.2, 0.25) is 0 Å². The second-order valence-electron chi connectivity index (χ2n) is 3.84. The quantitative estimate of drug-likeness (QED) is 0.729. The van der Waals surface area contributed by atoms with E-state index in [4.69, 9.17) is 5.11 Å². The number of halogens is 2. The van der Waals surface area contributed by atoms with Crippen molar-refractivity contribution in [2.45, 2.75) is 19.4 Å². The fraction of sp³-hybridized carbons (Fsp3) is 0.333. The Kier molecular flexibility index (Phi) is 5.91. The molecule has 0 unspecified atom stereocenters. The molecule has 0 fully saturated rings. The highest BCUT2D eigenvalue weighted by Gasteiger charge is 2.18. The van der Waals surface area contributed by atoms with Gasteiger partial charge < -0.3 is 15.7 Å². The third kappa shape index (κ3) is 4.60. The molecule has 0 saturated carbocycles. The molecule has 2 amide bonds. The summed E-state index contributed by atoms with van der Waals surface area (Å²) in [5.74, 6) is -2.54. The van der Waals surface area contributed by atoms with E-state index in [1.807, 2.05) is 0 Å². The van der Waals surface area contributed by atoms with E-state index in [9.17, 15) is 14.0 Å². The van der Waals surface area contributed by atoms with Gasteiger partial charge in [-0.05, 0) is 24.6 Å². The standard InChI is InChI=1S/C12H14BrFN2O3/c1-2-8(6-17)15-11(18)12(19)16-10-4-3-7(13)5-9(10)14/h3-5,8,17H,2,6H2,1H3,(H,15,18)(H,16,19)/t8-/m1/s1. The molecule has 19 heavy (non-hydrogen) atoms. The van der Waals surface area contributed by atoms with Gasteiger partial charge in [0.25, 0.3) is 0 Å². The Hall–Kier alpha value is -1.47. The molecule has 0 radical (unpaired) electrons. The van der Waals surface area contributed by atoms with Crippen LogP contribution in [0.3, 0.4) is 0 Å². The van der Waals surface area contributed by atoms with Crippen LogP contribution in [-0.2, 0) is 9.59 Å². The number of aliphatic hydroxyl groups excluding tert-OH is 1. The second kappa shape index (κ2) is 7.20. The molecule has 0 aliphatic carbocycles. The van der Waals surface area contributed by atoms with E-state index in [0.717, 1.165) is 0 Å². The molecular weight excluding hydrogens is 319 g/mol. The summed E-state index contributed by atoms with van der Waals surface area (Å²) < 4.78 is 14.0. The average molecular weight is 333 g/mol. The van der Waals surface area contributed by atoms with Crippen molar-refractivity contribution in [3.63, 3.8) is 0 Å². The maximum Gasteiger partial charge on any atom is 0.313 e. The Bertz CT molecular complexity index is 478. The number of amides is 2. The maximum absolute atomic E-state index is 13.5. The van der Waals surface area contributed by atoms with Crippen LogP contribution in [-0.4, -0.2) is 29.6 Å². The van der Waals surface area contributed by atoms with Crippen LogP contribution in [0.25, 0.3) is 0 Å². The minimum Gasteiger partial charge on any atom is -0.394 e. The molecule has 0 aliphatic rings. The Morgan fingerprint density at radius 2 is 2.11 bits per heavy atom. The summed E-state index contributed by atoms with van der Waals surface area (Å²) in [5.41, 5.74) is -0.0830. The normalized spacial score (nSPS) is 11.8. The molecule has 7 heteroatoms. The zero-order chi connectivity index (χ0) is 14.4. The average Bonchev–Trinajstić information content (AvgIpc) is 2.38. The molecule has 1 aromatic carbocycles. The van der Waals surface area contributed by atoms with E-state index in [-0.39, 0.29) is 12.3 Å². The summed E-state index contributed by atoms with van der Waals surface area (Å²) in [6.07, 6.45) is 0.488. The Morgan fingerprint density at radius 3 is 2.63 bits per heavy atom. The van der Waals surface area contributed by atoms with Crippen LogP contribution in [0, 0.1) is 5.82 Å². The number of carbonyl (C=O) groups is 2. The zero-order valence-electron chi connectivity index (χ0n) is 10.2. The lowest BCUT2D eigenvalue weighted by molar-refractivity contribution is -0.136. The topological polar surface area (TPSA) is 78.4 Å². The van der Waals surface area contributed by atoms with Crippen molar-refractivity contribution in [1.82, 2.24) is 5.32 Å². The number of carbonyl (C=O) groups excluding carboxylic acids is 2. The molecule has 0 bridgehead atoms. The summed E-state index contributed by atoms with van der Waals surface area (Å²) in [6, 6.07) is 3.57. The lowest BCUT2D eigenvalue weighted by Crippen LogP contribution is -2.43. The predicted molar refractivity (Wildman–Crippen MR) is 72.0 cm³/mol. The van der Waals surface area contributed by atoms with E-state index in [2.05, 4.69) is 26.6 Å². The van der Waals surface area contributed by atoms with Crippen molar-refractivity contribution >= 4 is 33.4 Å². The highest BCUT2D eigenvalue weighted by atomic mass is 79.9. The summed E-state index contributed by atoms with van der Waals surface area (Å²) in [4.78, 5) is 23.0. The van der Waals surface area contributed by atoms with Crippen LogP contribution >= 0.6 is 15.9 Å². The van der Waals surface area contributed by atoms with Crippen LogP contribution in [0.5, 0.6) is 0 Å². The van der Waals surface area contributed by atoms with Crippen molar-refractivity contribution in [2.75, 3.05) is 11.9 Å². The molecule has 1 aromatic rings. The molecule has 1 atom stereocenters. The molecule has 0 heterocycles. The van der Waals surface area contributed by atoms with E-state index in [1.54, 1.807) is 13.0 Å². The van der Waals surface area contributed by atoms with Crippen molar-refractivity contribution in [1.29, 1.82) is 0 Å². The van der Waals surface area contributed by atoms with Crippen LogP contribution < -0.4 is 10.6 Å². The smallest absolute Gasteiger partial charge is 0.313 e. The van der Waals surface area contributed by atoms with Gasteiger partial charge >= 0.3 is 11.8 Å². The Balaban J connectivity index is 2.66. The number of aliphatic hydroxyl groups is 1. The number of rotatable bonds is 4. The van der Waals surface area contributed by atoms with Gasteiger partial charge in [-0.25, -0.2) is 4.39 Å². The van der Waals surface area contributed by atoms with Crippen LogP contribution in [0.15, 0.2) is 22.7 Å². The second-order valence-corrected chi connectivity index (χ2v) is 4.76. The van der Waals surface area contributed by atoms with Crippen molar-refractivity contribution in [2.24, 2.45) is 0 Å². The minimum absolute atomic E-state index is 0.0830. The van der Waals surface area contributed by atoms with Crippen LogP contribution in [0.4, 0.5) is 10.1 Å². The van der Waals surface area contributed by atoms with Gasteiger partial charge in [0, 0.05) is 4.47 Å². The molecule has 1 rings (SSSR count). The third-order valence-corrected chi connectivity index (χ3v) is 2.93. The summed E-state index contributed by atoms with van der Waals surface area (Å²) in [6.45, 7) is 1.50. The van der Waals surface area contributed by atoms with Crippen molar-refractivity contribution in [3.8, 4) is 0 Å². The molecular formula is C12H14BrFN2O3. The fourth-order valence-corrected chi connectivity index (χ4v) is 1.63. The largest absolute Gasteiger partial charge is 0.394 e. The zero-order valence-corrected chi connectivity index (χ0v) is 11.8. The monoisotopic (exact) mass is 332 g/mol. The van der Waals surface area contributed by atoms with Gasteiger partial charge in [0.1, 0.15) is 5.82 Å². The van der Waals surface area contributed by atoms with Gasteiger partial charge in [-0.1, -0.05) is 22.9 Å². The fourth-order valence-electron chi connectivity index (χ4n) is 1.30. The lowest BCUT2D eigenvalue weighted by Gasteiger charge is -2.13. The highest BCUT2D eigenvalue weighted by molar-refractivity contribution is 9.10. The summed E-state index contributed by atoms with van der Waals surface area (Å²) in [5, 5.41) is 13.4. The third-order valence-electron chi connectivity index (χ3n) is 2.43. The van der Waals surface area contributed by atoms with Gasteiger partial charge in [-0.15, -0.1) is 0 Å². The van der Waals surface area contributed by atoms with Crippen molar-refractivity contribution in [3.05, 3.63) is 28.5 Å². The molecule has 5 nitrogen and oxygen atoms in total. The molecule has 3 N–H and O–H groups in total. The van der Waals surface area contributed by atoms with E-state index in [0.29, 0.717) is 10.9 Å². The maximum atomic E-state index is 13.5.